The number of aromatic hydroxyl groups is 1. The molecule has 3 heterocycles. The van der Waals surface area contributed by atoms with E-state index in [1.807, 2.05) is 4.90 Å². The molecule has 1 fully saturated rings. The predicted octanol–water partition coefficient (Wildman–Crippen LogP) is 4.44. The Morgan fingerprint density at radius 1 is 0.943 bits per heavy atom. The van der Waals surface area contributed by atoms with Gasteiger partial charge in [0.1, 0.15) is 17.4 Å². The third-order valence-electron chi connectivity index (χ3n) is 6.20. The highest BCUT2D eigenvalue weighted by atomic mass is 19.1. The summed E-state index contributed by atoms with van der Waals surface area (Å²) >= 11 is 0. The minimum absolute atomic E-state index is 0.103. The molecule has 0 spiro atoms. The van der Waals surface area contributed by atoms with E-state index in [1.165, 1.54) is 18.2 Å². The maximum absolute atomic E-state index is 15.0. The summed E-state index contributed by atoms with van der Waals surface area (Å²) in [5.74, 6) is -0.428. The second-order valence-electron chi connectivity index (χ2n) is 8.43. The van der Waals surface area contributed by atoms with Crippen molar-refractivity contribution < 1.29 is 23.8 Å². The van der Waals surface area contributed by atoms with E-state index in [1.54, 1.807) is 42.6 Å². The van der Waals surface area contributed by atoms with Crippen LogP contribution in [0.25, 0.3) is 33.9 Å². The number of phenols is 1. The molecule has 8 nitrogen and oxygen atoms in total. The van der Waals surface area contributed by atoms with E-state index in [0.29, 0.717) is 28.3 Å². The Hall–Kier alpha value is -4.34. The molecule has 3 N–H and O–H groups in total. The van der Waals surface area contributed by atoms with Gasteiger partial charge in [0.15, 0.2) is 11.6 Å². The van der Waals surface area contributed by atoms with Gasteiger partial charge in [0.05, 0.1) is 5.56 Å². The van der Waals surface area contributed by atoms with Crippen molar-refractivity contribution in [3.8, 4) is 39.7 Å². The lowest BCUT2D eigenvalue weighted by Gasteiger charge is -2.34. The largest absolute Gasteiger partial charge is 0.508 e. The maximum atomic E-state index is 15.0. The summed E-state index contributed by atoms with van der Waals surface area (Å²) in [6.07, 6.45) is 1.40. The molecule has 178 valence electrons. The van der Waals surface area contributed by atoms with Crippen molar-refractivity contribution in [1.82, 2.24) is 20.2 Å². The van der Waals surface area contributed by atoms with E-state index >= 15 is 0 Å². The number of aliphatic carboxylic acids is 1. The molecular weight excluding hydrogens is 456 g/mol. The average molecular weight is 477 g/mol. The molecule has 0 atom stereocenters. The van der Waals surface area contributed by atoms with Gasteiger partial charge in [-0.1, -0.05) is 6.07 Å². The van der Waals surface area contributed by atoms with E-state index in [4.69, 9.17) is 5.11 Å². The summed E-state index contributed by atoms with van der Waals surface area (Å²) in [5.41, 5.74) is 0.0973. The number of piperidine rings is 1. The number of anilines is 1. The monoisotopic (exact) mass is 477 g/mol. The highest BCUT2D eigenvalue weighted by Crippen LogP contribution is 2.31. The number of carboxylic acids is 1. The van der Waals surface area contributed by atoms with Gasteiger partial charge in [-0.25, -0.2) is 18.6 Å². The number of pyridine rings is 1. The fourth-order valence-corrected chi connectivity index (χ4v) is 4.07. The van der Waals surface area contributed by atoms with Crippen molar-refractivity contribution in [2.24, 2.45) is 0 Å². The Bertz CT molecular complexity index is 1360. The Morgan fingerprint density at radius 2 is 1.60 bits per heavy atom. The molecule has 5 rings (SSSR count). The average Bonchev–Trinajstić information content (AvgIpc) is 3.35. The number of carboxylic acid groups (broad SMARTS) is 1. The Labute approximate surface area is 198 Å². The number of aromatic amines is 1. The second kappa shape index (κ2) is 8.79. The first-order chi connectivity index (χ1) is 16.8. The fraction of sp³-hybridized carbons (Fsp3) is 0.200. The number of H-pyrrole nitrogens is 1. The smallest absolute Gasteiger partial charge is 0.341 e. The molecule has 0 unspecified atom stereocenters. The van der Waals surface area contributed by atoms with E-state index in [-0.39, 0.29) is 43.1 Å². The normalized spacial score (nSPS) is 15.2. The lowest BCUT2D eigenvalue weighted by Crippen LogP contribution is -2.46. The van der Waals surface area contributed by atoms with Crippen molar-refractivity contribution in [3.63, 3.8) is 0 Å². The summed E-state index contributed by atoms with van der Waals surface area (Å²) < 4.78 is 29.2. The van der Waals surface area contributed by atoms with Crippen LogP contribution >= 0.6 is 0 Å². The summed E-state index contributed by atoms with van der Waals surface area (Å²) in [5, 5.41) is 26.6. The van der Waals surface area contributed by atoms with Gasteiger partial charge in [0.2, 0.25) is 5.67 Å². The van der Waals surface area contributed by atoms with Crippen LogP contribution in [0.4, 0.5) is 14.6 Å². The number of nitrogens with zero attached hydrogens (tertiary/aromatic N) is 4. The van der Waals surface area contributed by atoms with Crippen LogP contribution in [0.5, 0.6) is 5.75 Å². The SMILES string of the molecule is O=C(O)C1(F)CCN(c2ccc(-c3ccc(-c4nnc(-c5ccc(O)cc5)[nH]4)c(F)c3)cn2)CC1. The first-order valence-electron chi connectivity index (χ1n) is 11.0. The lowest BCUT2D eigenvalue weighted by atomic mass is 9.93. The molecular formula is C25H21F2N5O3. The van der Waals surface area contributed by atoms with E-state index < -0.39 is 17.5 Å². The maximum Gasteiger partial charge on any atom is 0.341 e. The number of carbonyl (C=O) groups is 1. The van der Waals surface area contributed by atoms with Crippen molar-refractivity contribution in [2.45, 2.75) is 18.5 Å². The van der Waals surface area contributed by atoms with Gasteiger partial charge in [-0.3, -0.25) is 0 Å². The molecule has 0 bridgehead atoms. The first kappa shape index (κ1) is 22.5. The highest BCUT2D eigenvalue weighted by Gasteiger charge is 2.42. The minimum Gasteiger partial charge on any atom is -0.508 e. The van der Waals surface area contributed by atoms with Crippen LogP contribution in [0.3, 0.4) is 0 Å². The third-order valence-corrected chi connectivity index (χ3v) is 6.20. The molecule has 35 heavy (non-hydrogen) atoms. The van der Waals surface area contributed by atoms with E-state index in [2.05, 4.69) is 20.2 Å². The number of rotatable bonds is 5. The van der Waals surface area contributed by atoms with Crippen LogP contribution in [0.1, 0.15) is 12.8 Å². The number of alkyl halides is 1. The molecule has 1 saturated heterocycles. The van der Waals surface area contributed by atoms with Crippen molar-refractivity contribution in [1.29, 1.82) is 0 Å². The minimum atomic E-state index is -2.19. The van der Waals surface area contributed by atoms with Gasteiger partial charge in [-0.15, -0.1) is 10.2 Å². The van der Waals surface area contributed by atoms with Crippen molar-refractivity contribution >= 4 is 11.8 Å². The molecule has 1 aliphatic heterocycles. The van der Waals surface area contributed by atoms with Gasteiger partial charge < -0.3 is 20.1 Å². The fourth-order valence-electron chi connectivity index (χ4n) is 4.07. The van der Waals surface area contributed by atoms with E-state index in [0.717, 1.165) is 0 Å². The van der Waals surface area contributed by atoms with Crippen molar-refractivity contribution in [2.75, 3.05) is 18.0 Å². The first-order valence-corrected chi connectivity index (χ1v) is 11.0. The van der Waals surface area contributed by atoms with Crippen LogP contribution in [0.2, 0.25) is 0 Å². The highest BCUT2D eigenvalue weighted by molar-refractivity contribution is 5.78. The Kier molecular flexibility index (Phi) is 5.64. The number of halogens is 2. The summed E-state index contributed by atoms with van der Waals surface area (Å²) in [6, 6.07) is 14.7. The molecule has 0 saturated carbocycles. The summed E-state index contributed by atoms with van der Waals surface area (Å²) in [7, 11) is 0. The summed E-state index contributed by atoms with van der Waals surface area (Å²) in [6.45, 7) is 0.504. The topological polar surface area (TPSA) is 115 Å². The molecule has 0 amide bonds. The van der Waals surface area contributed by atoms with Gasteiger partial charge in [-0.05, 0) is 54.1 Å². The lowest BCUT2D eigenvalue weighted by molar-refractivity contribution is -0.152. The van der Waals surface area contributed by atoms with Gasteiger partial charge in [-0.2, -0.15) is 0 Å². The molecule has 2 aromatic heterocycles. The Morgan fingerprint density at radius 3 is 2.23 bits per heavy atom. The van der Waals surface area contributed by atoms with Gasteiger partial charge in [0.25, 0.3) is 0 Å². The molecule has 2 aromatic carbocycles. The predicted molar refractivity (Wildman–Crippen MR) is 125 cm³/mol. The van der Waals surface area contributed by atoms with E-state index in [9.17, 15) is 18.7 Å². The zero-order valence-corrected chi connectivity index (χ0v) is 18.4. The van der Waals surface area contributed by atoms with Gasteiger partial charge in [0, 0.05) is 43.3 Å². The van der Waals surface area contributed by atoms with Crippen molar-refractivity contribution in [3.05, 3.63) is 66.6 Å². The number of nitrogens with one attached hydrogen (secondary N) is 1. The third kappa shape index (κ3) is 4.42. The zero-order chi connectivity index (χ0) is 24.6. The van der Waals surface area contributed by atoms with Crippen LogP contribution in [-0.2, 0) is 4.79 Å². The van der Waals surface area contributed by atoms with Crippen LogP contribution in [0.15, 0.2) is 60.8 Å². The molecule has 0 radical (unpaired) electrons. The van der Waals surface area contributed by atoms with Crippen LogP contribution in [0, 0.1) is 5.82 Å². The zero-order valence-electron chi connectivity index (χ0n) is 18.4. The number of phenolic OH excluding ortho intramolecular Hbond substituents is 1. The quantitative estimate of drug-likeness (QED) is 0.389. The molecule has 0 aliphatic carbocycles. The van der Waals surface area contributed by atoms with Crippen LogP contribution in [-0.4, -0.2) is 55.1 Å². The molecule has 1 aliphatic rings. The second-order valence-corrected chi connectivity index (χ2v) is 8.43. The molecule has 4 aromatic rings. The number of hydrogen-bond acceptors (Lipinski definition) is 6. The number of aromatic nitrogens is 4. The van der Waals surface area contributed by atoms with Gasteiger partial charge >= 0.3 is 5.97 Å². The summed E-state index contributed by atoms with van der Waals surface area (Å²) in [4.78, 5) is 20.3. The molecule has 10 heteroatoms. The number of hydrogen-bond donors (Lipinski definition) is 3. The van der Waals surface area contributed by atoms with Crippen LogP contribution < -0.4 is 4.90 Å². The standard InChI is InChI=1S/C25H21F2N5O3/c26-20-13-16(3-7-19(20)23-29-22(30-31-23)15-1-5-18(33)6-2-15)17-4-8-21(28-14-17)32-11-9-25(27,10-12-32)24(34)35/h1-8,13-14,33H,9-12H2,(H,34,35)(H,29,30,31). The number of benzene rings is 2. The Balaban J connectivity index is 1.31.